The van der Waals surface area contributed by atoms with Gasteiger partial charge in [0.25, 0.3) is 0 Å². The van der Waals surface area contributed by atoms with E-state index >= 15 is 0 Å². The van der Waals surface area contributed by atoms with Crippen molar-refractivity contribution in [2.75, 3.05) is 0 Å². The number of hydrogen-bond donors (Lipinski definition) is 1. The summed E-state index contributed by atoms with van der Waals surface area (Å²) in [6.45, 7) is 2.49. The summed E-state index contributed by atoms with van der Waals surface area (Å²) in [6.07, 6.45) is 0.854. The molecule has 1 atom stereocenters. The normalized spacial score (nSPS) is 12.2. The van der Waals surface area contributed by atoms with Crippen LogP contribution in [-0.2, 0) is 13.0 Å². The third-order valence-corrected chi connectivity index (χ3v) is 3.69. The predicted octanol–water partition coefficient (Wildman–Crippen LogP) is 4.57. The second-order valence-electron chi connectivity index (χ2n) is 4.86. The average Bonchev–Trinajstić information content (AvgIpc) is 2.37. The average molecular weight is 355 g/mol. The molecule has 1 unspecified atom stereocenters. The van der Waals surface area contributed by atoms with E-state index in [1.54, 1.807) is 0 Å². The van der Waals surface area contributed by atoms with Gasteiger partial charge in [-0.3, -0.25) is 0 Å². The second-order valence-corrected chi connectivity index (χ2v) is 6.16. The Balaban J connectivity index is 2.03. The molecule has 0 aliphatic heterocycles. The van der Waals surface area contributed by atoms with Gasteiger partial charge in [-0.15, -0.1) is 0 Å². The molecule has 20 heavy (non-hydrogen) atoms. The van der Waals surface area contributed by atoms with Crippen molar-refractivity contribution in [2.45, 2.75) is 26.0 Å². The van der Waals surface area contributed by atoms with Gasteiger partial charge in [0, 0.05) is 11.1 Å². The Kier molecular flexibility index (Phi) is 5.46. The Morgan fingerprint density at radius 2 is 2.00 bits per heavy atom. The van der Waals surface area contributed by atoms with Crippen LogP contribution in [0.2, 0.25) is 5.02 Å². The van der Waals surface area contributed by atoms with Crippen molar-refractivity contribution in [2.24, 2.45) is 5.73 Å². The Morgan fingerprint density at radius 3 is 2.65 bits per heavy atom. The zero-order valence-corrected chi connectivity index (χ0v) is 13.6. The molecule has 0 aromatic heterocycles. The van der Waals surface area contributed by atoms with E-state index in [1.165, 1.54) is 5.56 Å². The maximum Gasteiger partial charge on any atom is 0.134 e. The van der Waals surface area contributed by atoms with E-state index < -0.39 is 0 Å². The Morgan fingerprint density at radius 1 is 1.20 bits per heavy atom. The van der Waals surface area contributed by atoms with Crippen molar-refractivity contribution in [3.8, 4) is 5.75 Å². The highest BCUT2D eigenvalue weighted by atomic mass is 79.9. The van der Waals surface area contributed by atoms with Gasteiger partial charge in [-0.2, -0.15) is 0 Å². The summed E-state index contributed by atoms with van der Waals surface area (Å²) >= 11 is 9.48. The summed E-state index contributed by atoms with van der Waals surface area (Å²) in [6, 6.07) is 13.9. The molecule has 0 aliphatic carbocycles. The van der Waals surface area contributed by atoms with Gasteiger partial charge in [-0.05, 0) is 64.7 Å². The zero-order valence-electron chi connectivity index (χ0n) is 11.3. The first kappa shape index (κ1) is 15.4. The van der Waals surface area contributed by atoms with E-state index in [9.17, 15) is 0 Å². The molecule has 0 fully saturated rings. The van der Waals surface area contributed by atoms with Gasteiger partial charge in [0.05, 0.1) is 4.47 Å². The summed E-state index contributed by atoms with van der Waals surface area (Å²) < 4.78 is 6.74. The molecule has 2 aromatic rings. The molecule has 0 heterocycles. The Labute approximate surface area is 133 Å². The van der Waals surface area contributed by atoms with Gasteiger partial charge < -0.3 is 10.5 Å². The number of benzene rings is 2. The molecule has 2 nitrogen and oxygen atoms in total. The van der Waals surface area contributed by atoms with Crippen LogP contribution in [0.5, 0.6) is 5.75 Å². The summed E-state index contributed by atoms with van der Waals surface area (Å²) in [5.74, 6) is 0.818. The van der Waals surface area contributed by atoms with Gasteiger partial charge in [0.1, 0.15) is 12.4 Å². The largest absolute Gasteiger partial charge is 0.488 e. The lowest BCUT2D eigenvalue weighted by Gasteiger charge is -2.11. The quantitative estimate of drug-likeness (QED) is 0.853. The zero-order chi connectivity index (χ0) is 14.5. The molecule has 0 saturated carbocycles. The van der Waals surface area contributed by atoms with Crippen molar-refractivity contribution in [3.05, 3.63) is 63.1 Å². The lowest BCUT2D eigenvalue weighted by molar-refractivity contribution is 0.304. The fourth-order valence-corrected chi connectivity index (χ4v) is 2.70. The molecule has 0 radical (unpaired) electrons. The van der Waals surface area contributed by atoms with Crippen LogP contribution in [0.3, 0.4) is 0 Å². The summed E-state index contributed by atoms with van der Waals surface area (Å²) in [7, 11) is 0. The molecule has 0 aliphatic rings. The van der Waals surface area contributed by atoms with Gasteiger partial charge in [0.2, 0.25) is 0 Å². The van der Waals surface area contributed by atoms with E-state index in [4.69, 9.17) is 22.1 Å². The van der Waals surface area contributed by atoms with Crippen molar-refractivity contribution in [3.63, 3.8) is 0 Å². The van der Waals surface area contributed by atoms with E-state index in [0.29, 0.717) is 6.61 Å². The summed E-state index contributed by atoms with van der Waals surface area (Å²) in [5, 5.41) is 0.720. The highest BCUT2D eigenvalue weighted by Crippen LogP contribution is 2.27. The van der Waals surface area contributed by atoms with E-state index in [1.807, 2.05) is 43.3 Å². The molecule has 2 rings (SSSR count). The highest BCUT2D eigenvalue weighted by molar-refractivity contribution is 9.10. The molecule has 0 spiro atoms. The summed E-state index contributed by atoms with van der Waals surface area (Å²) in [4.78, 5) is 0. The minimum Gasteiger partial charge on any atom is -0.488 e. The maximum atomic E-state index is 5.95. The second kappa shape index (κ2) is 7.11. The predicted molar refractivity (Wildman–Crippen MR) is 87.3 cm³/mol. The van der Waals surface area contributed by atoms with Crippen LogP contribution >= 0.6 is 27.5 Å². The maximum absolute atomic E-state index is 5.95. The van der Waals surface area contributed by atoms with Crippen molar-refractivity contribution in [1.29, 1.82) is 0 Å². The number of hydrogen-bond acceptors (Lipinski definition) is 2. The molecule has 0 amide bonds. The minimum absolute atomic E-state index is 0.153. The topological polar surface area (TPSA) is 35.2 Å². The van der Waals surface area contributed by atoms with Crippen molar-refractivity contribution in [1.82, 2.24) is 0 Å². The standard InChI is InChI=1S/C16H17BrClNO/c1-11(19)7-12-5-6-16(15(17)9-12)20-10-13-3-2-4-14(18)8-13/h2-6,8-9,11H,7,10,19H2,1H3. The molecular formula is C16H17BrClNO. The molecule has 4 heteroatoms. The monoisotopic (exact) mass is 353 g/mol. The molecule has 106 valence electrons. The number of halogens is 2. The smallest absolute Gasteiger partial charge is 0.134 e. The third-order valence-electron chi connectivity index (χ3n) is 2.84. The van der Waals surface area contributed by atoms with Gasteiger partial charge >= 0.3 is 0 Å². The molecule has 2 N–H and O–H groups in total. The van der Waals surface area contributed by atoms with Gasteiger partial charge in [0.15, 0.2) is 0 Å². The van der Waals surface area contributed by atoms with E-state index in [0.717, 1.165) is 27.2 Å². The number of nitrogens with two attached hydrogens (primary N) is 1. The van der Waals surface area contributed by atoms with Crippen molar-refractivity contribution >= 4 is 27.5 Å². The number of rotatable bonds is 5. The first-order valence-electron chi connectivity index (χ1n) is 6.46. The lowest BCUT2D eigenvalue weighted by Crippen LogP contribution is -2.17. The van der Waals surface area contributed by atoms with Gasteiger partial charge in [-0.25, -0.2) is 0 Å². The molecule has 0 bridgehead atoms. The molecule has 2 aromatic carbocycles. The van der Waals surface area contributed by atoms with E-state index in [2.05, 4.69) is 22.0 Å². The first-order chi connectivity index (χ1) is 9.54. The highest BCUT2D eigenvalue weighted by Gasteiger charge is 2.05. The van der Waals surface area contributed by atoms with E-state index in [-0.39, 0.29) is 6.04 Å². The van der Waals surface area contributed by atoms with Crippen molar-refractivity contribution < 1.29 is 4.74 Å². The Bertz CT molecular complexity index is 586. The third kappa shape index (κ3) is 4.51. The van der Waals surface area contributed by atoms with Crippen LogP contribution in [0.15, 0.2) is 46.9 Å². The lowest BCUT2D eigenvalue weighted by atomic mass is 10.1. The van der Waals surface area contributed by atoms with Crippen LogP contribution in [-0.4, -0.2) is 6.04 Å². The fraction of sp³-hybridized carbons (Fsp3) is 0.250. The minimum atomic E-state index is 0.153. The van der Waals surface area contributed by atoms with Crippen LogP contribution < -0.4 is 10.5 Å². The first-order valence-corrected chi connectivity index (χ1v) is 7.63. The van der Waals surface area contributed by atoms with Gasteiger partial charge in [-0.1, -0.05) is 29.8 Å². The van der Waals surface area contributed by atoms with Crippen LogP contribution in [0, 0.1) is 0 Å². The van der Waals surface area contributed by atoms with Crippen LogP contribution in [0.25, 0.3) is 0 Å². The SMILES string of the molecule is CC(N)Cc1ccc(OCc2cccc(Cl)c2)c(Br)c1. The molecule has 0 saturated heterocycles. The summed E-state index contributed by atoms with van der Waals surface area (Å²) in [5.41, 5.74) is 8.04. The van der Waals surface area contributed by atoms with Crippen LogP contribution in [0.1, 0.15) is 18.1 Å². The number of ether oxygens (including phenoxy) is 1. The fourth-order valence-electron chi connectivity index (χ4n) is 1.95. The van der Waals surface area contributed by atoms with Crippen LogP contribution in [0.4, 0.5) is 0 Å². The Hall–Kier alpha value is -1.03. The molecular weight excluding hydrogens is 338 g/mol.